The summed E-state index contributed by atoms with van der Waals surface area (Å²) < 4.78 is 1.91. The Morgan fingerprint density at radius 2 is 2.00 bits per heavy atom. The van der Waals surface area contributed by atoms with Crippen molar-refractivity contribution >= 4 is 34.5 Å². The Hall–Kier alpha value is -3.16. The molecule has 8 heteroatoms. The van der Waals surface area contributed by atoms with Crippen LogP contribution < -0.4 is 11.1 Å². The molecule has 0 aliphatic carbocycles. The standard InChI is InChI=1S/C17H19N7O/c18-15-14-16(22-17(21-15)20-12-5-2-1-3-6-12)24(11-19-14)10-9-23-8-4-7-13(23)25/h1-3,5-6,11H,4,7-10H2,(H3,18,20,21,22). The zero-order valence-electron chi connectivity index (χ0n) is 13.7. The van der Waals surface area contributed by atoms with E-state index >= 15 is 0 Å². The van der Waals surface area contributed by atoms with Gasteiger partial charge < -0.3 is 20.5 Å². The fraction of sp³-hybridized carbons (Fsp3) is 0.294. The van der Waals surface area contributed by atoms with Gasteiger partial charge in [-0.15, -0.1) is 0 Å². The number of aromatic nitrogens is 4. The number of carbonyl (C=O) groups is 1. The number of carbonyl (C=O) groups excluding carboxylic acids is 1. The molecular weight excluding hydrogens is 318 g/mol. The van der Waals surface area contributed by atoms with Gasteiger partial charge in [-0.05, 0) is 18.6 Å². The molecule has 0 atom stereocenters. The molecule has 1 aromatic carbocycles. The molecule has 3 N–H and O–H groups in total. The maximum absolute atomic E-state index is 11.8. The number of hydrogen-bond donors (Lipinski definition) is 2. The quantitative estimate of drug-likeness (QED) is 0.736. The molecule has 2 aromatic heterocycles. The lowest BCUT2D eigenvalue weighted by atomic mass is 10.3. The molecule has 1 amide bonds. The first-order valence-corrected chi connectivity index (χ1v) is 8.29. The minimum atomic E-state index is 0.213. The van der Waals surface area contributed by atoms with E-state index in [0.29, 0.717) is 42.4 Å². The van der Waals surface area contributed by atoms with Gasteiger partial charge in [-0.3, -0.25) is 4.79 Å². The third kappa shape index (κ3) is 3.10. The van der Waals surface area contributed by atoms with Crippen molar-refractivity contribution in [3.8, 4) is 0 Å². The van der Waals surface area contributed by atoms with Crippen LogP contribution in [-0.2, 0) is 11.3 Å². The van der Waals surface area contributed by atoms with E-state index in [4.69, 9.17) is 5.73 Å². The fourth-order valence-electron chi connectivity index (χ4n) is 3.01. The summed E-state index contributed by atoms with van der Waals surface area (Å²) in [5.41, 5.74) is 8.16. The first-order valence-electron chi connectivity index (χ1n) is 8.29. The van der Waals surface area contributed by atoms with Crippen molar-refractivity contribution in [1.29, 1.82) is 0 Å². The van der Waals surface area contributed by atoms with Crippen LogP contribution in [0.4, 0.5) is 17.5 Å². The highest BCUT2D eigenvalue weighted by Crippen LogP contribution is 2.21. The van der Waals surface area contributed by atoms with Gasteiger partial charge in [0.2, 0.25) is 11.9 Å². The molecule has 3 aromatic rings. The van der Waals surface area contributed by atoms with Gasteiger partial charge in [0.05, 0.1) is 6.33 Å². The van der Waals surface area contributed by atoms with Crippen LogP contribution in [0.3, 0.4) is 0 Å². The lowest BCUT2D eigenvalue weighted by molar-refractivity contribution is -0.127. The van der Waals surface area contributed by atoms with Crippen molar-refractivity contribution in [1.82, 2.24) is 24.4 Å². The predicted molar refractivity (Wildman–Crippen MR) is 95.3 cm³/mol. The Balaban J connectivity index is 1.59. The van der Waals surface area contributed by atoms with Crippen molar-refractivity contribution in [2.75, 3.05) is 24.1 Å². The Morgan fingerprint density at radius 1 is 1.16 bits per heavy atom. The van der Waals surface area contributed by atoms with Crippen LogP contribution >= 0.6 is 0 Å². The average Bonchev–Trinajstić information content (AvgIpc) is 3.20. The third-order valence-electron chi connectivity index (χ3n) is 4.30. The molecule has 25 heavy (non-hydrogen) atoms. The molecule has 0 unspecified atom stereocenters. The van der Waals surface area contributed by atoms with Crippen LogP contribution in [0.2, 0.25) is 0 Å². The molecule has 0 radical (unpaired) electrons. The number of likely N-dealkylation sites (tertiary alicyclic amines) is 1. The number of nitrogens with one attached hydrogen (secondary N) is 1. The highest BCUT2D eigenvalue weighted by Gasteiger charge is 2.20. The zero-order chi connectivity index (χ0) is 17.2. The van der Waals surface area contributed by atoms with E-state index in [-0.39, 0.29) is 5.91 Å². The van der Waals surface area contributed by atoms with Crippen LogP contribution in [0.15, 0.2) is 36.7 Å². The molecule has 1 aliphatic rings. The van der Waals surface area contributed by atoms with E-state index in [0.717, 1.165) is 18.7 Å². The number of imidazole rings is 1. The Kier molecular flexibility index (Phi) is 3.93. The van der Waals surface area contributed by atoms with Gasteiger partial charge in [-0.1, -0.05) is 18.2 Å². The van der Waals surface area contributed by atoms with E-state index in [9.17, 15) is 4.79 Å². The summed E-state index contributed by atoms with van der Waals surface area (Å²) in [4.78, 5) is 26.8. The van der Waals surface area contributed by atoms with Crippen molar-refractivity contribution in [3.63, 3.8) is 0 Å². The molecule has 1 saturated heterocycles. The van der Waals surface area contributed by atoms with Crippen LogP contribution in [0.5, 0.6) is 0 Å². The maximum Gasteiger partial charge on any atom is 0.231 e. The second-order valence-corrected chi connectivity index (χ2v) is 6.02. The molecule has 0 spiro atoms. The van der Waals surface area contributed by atoms with Gasteiger partial charge in [0.1, 0.15) is 5.52 Å². The number of anilines is 3. The molecule has 3 heterocycles. The van der Waals surface area contributed by atoms with E-state index < -0.39 is 0 Å². The van der Waals surface area contributed by atoms with Gasteiger partial charge in [0.15, 0.2) is 11.5 Å². The molecule has 1 aliphatic heterocycles. The summed E-state index contributed by atoms with van der Waals surface area (Å²) in [5.74, 6) is 0.972. The monoisotopic (exact) mass is 337 g/mol. The largest absolute Gasteiger partial charge is 0.382 e. The number of rotatable bonds is 5. The summed E-state index contributed by atoms with van der Waals surface area (Å²) in [5, 5.41) is 3.15. The van der Waals surface area contributed by atoms with Gasteiger partial charge in [-0.25, -0.2) is 4.98 Å². The summed E-state index contributed by atoms with van der Waals surface area (Å²) >= 11 is 0. The predicted octanol–water partition coefficient (Wildman–Crippen LogP) is 1.77. The lowest BCUT2D eigenvalue weighted by Crippen LogP contribution is -2.28. The number of nitrogens with zero attached hydrogens (tertiary/aromatic N) is 5. The molecule has 0 bridgehead atoms. The third-order valence-corrected chi connectivity index (χ3v) is 4.30. The summed E-state index contributed by atoms with van der Waals surface area (Å²) in [6, 6.07) is 9.67. The normalized spacial score (nSPS) is 14.4. The van der Waals surface area contributed by atoms with Gasteiger partial charge >= 0.3 is 0 Å². The highest BCUT2D eigenvalue weighted by molar-refractivity contribution is 5.83. The highest BCUT2D eigenvalue weighted by atomic mass is 16.2. The van der Waals surface area contributed by atoms with Gasteiger partial charge in [0, 0.05) is 31.7 Å². The average molecular weight is 337 g/mol. The van der Waals surface area contributed by atoms with Crippen LogP contribution in [0.25, 0.3) is 11.2 Å². The second kappa shape index (κ2) is 6.39. The van der Waals surface area contributed by atoms with Crippen molar-refractivity contribution < 1.29 is 4.79 Å². The number of hydrogen-bond acceptors (Lipinski definition) is 6. The van der Waals surface area contributed by atoms with Gasteiger partial charge in [0.25, 0.3) is 0 Å². The number of para-hydroxylation sites is 1. The number of nitrogen functional groups attached to an aromatic ring is 1. The van der Waals surface area contributed by atoms with E-state index in [1.165, 1.54) is 0 Å². The van der Waals surface area contributed by atoms with E-state index in [1.807, 2.05) is 39.8 Å². The molecular formula is C17H19N7O. The number of fused-ring (bicyclic) bond motifs is 1. The second-order valence-electron chi connectivity index (χ2n) is 6.02. The lowest BCUT2D eigenvalue weighted by Gasteiger charge is -2.15. The first kappa shape index (κ1) is 15.4. The number of amides is 1. The minimum absolute atomic E-state index is 0.213. The SMILES string of the molecule is Nc1nc(Nc2ccccc2)nc2c1ncn2CCN1CCCC1=O. The van der Waals surface area contributed by atoms with Crippen molar-refractivity contribution in [2.45, 2.75) is 19.4 Å². The smallest absolute Gasteiger partial charge is 0.231 e. The molecule has 4 rings (SSSR count). The van der Waals surface area contributed by atoms with Crippen molar-refractivity contribution in [2.24, 2.45) is 0 Å². The molecule has 1 fully saturated rings. The van der Waals surface area contributed by atoms with Crippen LogP contribution in [0, 0.1) is 0 Å². The summed E-state index contributed by atoms with van der Waals surface area (Å²) in [6.45, 7) is 2.10. The minimum Gasteiger partial charge on any atom is -0.382 e. The first-order chi connectivity index (χ1) is 12.2. The Morgan fingerprint density at radius 3 is 2.76 bits per heavy atom. The number of benzene rings is 1. The summed E-state index contributed by atoms with van der Waals surface area (Å²) in [7, 11) is 0. The molecule has 0 saturated carbocycles. The fourth-order valence-corrected chi connectivity index (χ4v) is 3.01. The summed E-state index contributed by atoms with van der Waals surface area (Å²) in [6.07, 6.45) is 3.28. The number of nitrogens with two attached hydrogens (primary N) is 1. The molecule has 128 valence electrons. The van der Waals surface area contributed by atoms with E-state index in [1.54, 1.807) is 6.33 Å². The van der Waals surface area contributed by atoms with Gasteiger partial charge in [-0.2, -0.15) is 9.97 Å². The topological polar surface area (TPSA) is 102 Å². The van der Waals surface area contributed by atoms with Crippen LogP contribution in [-0.4, -0.2) is 43.4 Å². The Labute approximate surface area is 144 Å². The molecule has 8 nitrogen and oxygen atoms in total. The van der Waals surface area contributed by atoms with E-state index in [2.05, 4.69) is 20.3 Å². The Bertz CT molecular complexity index is 906. The zero-order valence-corrected chi connectivity index (χ0v) is 13.7. The van der Waals surface area contributed by atoms with Crippen molar-refractivity contribution in [3.05, 3.63) is 36.7 Å². The maximum atomic E-state index is 11.8. The van der Waals surface area contributed by atoms with Crippen LogP contribution in [0.1, 0.15) is 12.8 Å².